The second kappa shape index (κ2) is 9.40. The Morgan fingerprint density at radius 3 is 2.33 bits per heavy atom. The third-order valence-corrected chi connectivity index (χ3v) is 7.07. The van der Waals surface area contributed by atoms with Gasteiger partial charge < -0.3 is 10.1 Å². The van der Waals surface area contributed by atoms with E-state index in [2.05, 4.69) is 5.32 Å². The summed E-state index contributed by atoms with van der Waals surface area (Å²) in [6.07, 6.45) is 2.73. The Bertz CT molecular complexity index is 1030. The lowest BCUT2D eigenvalue weighted by Crippen LogP contribution is -2.36. The van der Waals surface area contributed by atoms with Crippen LogP contribution < -0.4 is 5.32 Å². The second-order valence-corrected chi connectivity index (χ2v) is 9.34. The molecule has 0 aliphatic carbocycles. The fourth-order valence-corrected chi connectivity index (χ4v) is 5.07. The van der Waals surface area contributed by atoms with E-state index in [9.17, 15) is 18.0 Å². The molecular formula is C22H26N2O5S. The highest BCUT2D eigenvalue weighted by atomic mass is 32.2. The molecule has 0 radical (unpaired) electrons. The molecule has 8 heteroatoms. The monoisotopic (exact) mass is 430 g/mol. The highest BCUT2D eigenvalue weighted by Gasteiger charge is 2.27. The van der Waals surface area contributed by atoms with E-state index in [1.807, 2.05) is 6.92 Å². The first kappa shape index (κ1) is 22.0. The molecule has 0 spiro atoms. The predicted octanol–water partition coefficient (Wildman–Crippen LogP) is 3.27. The van der Waals surface area contributed by atoms with Crippen molar-refractivity contribution in [2.24, 2.45) is 0 Å². The Morgan fingerprint density at radius 1 is 1.00 bits per heavy atom. The zero-order valence-electron chi connectivity index (χ0n) is 17.2. The minimum absolute atomic E-state index is 0.179. The van der Waals surface area contributed by atoms with Crippen LogP contribution in [-0.4, -0.2) is 44.3 Å². The molecule has 0 bridgehead atoms. The molecule has 1 saturated heterocycles. The van der Waals surface area contributed by atoms with Gasteiger partial charge in [0, 0.05) is 18.8 Å². The van der Waals surface area contributed by atoms with Crippen LogP contribution in [0.4, 0.5) is 5.69 Å². The van der Waals surface area contributed by atoms with E-state index in [0.29, 0.717) is 29.9 Å². The van der Waals surface area contributed by atoms with Gasteiger partial charge >= 0.3 is 5.97 Å². The van der Waals surface area contributed by atoms with E-state index < -0.39 is 28.5 Å². The number of aryl methyl sites for hydroxylation is 2. The lowest BCUT2D eigenvalue weighted by atomic mass is 10.1. The number of sulfonamides is 1. The molecule has 0 aromatic heterocycles. The number of ether oxygens (including phenoxy) is 1. The number of carbonyl (C=O) groups excluding carboxylic acids is 2. The van der Waals surface area contributed by atoms with Crippen LogP contribution in [-0.2, 0) is 19.6 Å². The maximum absolute atomic E-state index is 13.0. The summed E-state index contributed by atoms with van der Waals surface area (Å²) in [4.78, 5) is 24.4. The highest BCUT2D eigenvalue weighted by Crippen LogP contribution is 2.26. The molecule has 0 unspecified atom stereocenters. The highest BCUT2D eigenvalue weighted by molar-refractivity contribution is 7.89. The van der Waals surface area contributed by atoms with Gasteiger partial charge in [0.25, 0.3) is 5.91 Å². The summed E-state index contributed by atoms with van der Waals surface area (Å²) in [5.41, 5.74) is 2.33. The molecule has 30 heavy (non-hydrogen) atoms. The standard InChI is InChI=1S/C22H26N2O5S/c1-16-6-9-18(10-7-16)22(26)29-15-21(25)23-19-11-8-17(2)20(14-19)30(27,28)24-12-4-3-5-13-24/h6-11,14H,3-5,12-13,15H2,1-2H3,(H,23,25). The minimum Gasteiger partial charge on any atom is -0.452 e. The van der Waals surface area contributed by atoms with E-state index in [0.717, 1.165) is 24.8 Å². The van der Waals surface area contributed by atoms with Crippen LogP contribution in [0.15, 0.2) is 47.4 Å². The zero-order chi connectivity index (χ0) is 21.7. The van der Waals surface area contributed by atoms with Crippen molar-refractivity contribution in [3.05, 3.63) is 59.2 Å². The van der Waals surface area contributed by atoms with Crippen LogP contribution in [0.5, 0.6) is 0 Å². The van der Waals surface area contributed by atoms with E-state index in [-0.39, 0.29) is 4.90 Å². The molecule has 1 fully saturated rings. The van der Waals surface area contributed by atoms with Gasteiger partial charge in [0.05, 0.1) is 10.5 Å². The molecule has 1 aliphatic heterocycles. The largest absolute Gasteiger partial charge is 0.452 e. The van der Waals surface area contributed by atoms with E-state index in [1.165, 1.54) is 10.4 Å². The average Bonchev–Trinajstić information content (AvgIpc) is 2.74. The Balaban J connectivity index is 1.65. The third kappa shape index (κ3) is 5.25. The minimum atomic E-state index is -3.62. The van der Waals surface area contributed by atoms with Crippen LogP contribution in [0.1, 0.15) is 40.7 Å². The maximum Gasteiger partial charge on any atom is 0.338 e. The molecule has 1 N–H and O–H groups in total. The summed E-state index contributed by atoms with van der Waals surface area (Å²) in [6.45, 7) is 4.19. The first-order chi connectivity index (χ1) is 14.3. The van der Waals surface area contributed by atoms with Crippen LogP contribution >= 0.6 is 0 Å². The number of nitrogens with zero attached hydrogens (tertiary/aromatic N) is 1. The maximum atomic E-state index is 13.0. The van der Waals surface area contributed by atoms with Gasteiger partial charge in [-0.1, -0.05) is 30.2 Å². The quantitative estimate of drug-likeness (QED) is 0.710. The van der Waals surface area contributed by atoms with Crippen molar-refractivity contribution in [2.45, 2.75) is 38.0 Å². The van der Waals surface area contributed by atoms with Gasteiger partial charge in [-0.2, -0.15) is 4.31 Å². The van der Waals surface area contributed by atoms with Gasteiger partial charge in [-0.15, -0.1) is 0 Å². The summed E-state index contributed by atoms with van der Waals surface area (Å²) in [5, 5.41) is 2.60. The molecule has 3 rings (SSSR count). The Hall–Kier alpha value is -2.71. The topological polar surface area (TPSA) is 92.8 Å². The Kier molecular flexibility index (Phi) is 6.89. The predicted molar refractivity (Wildman–Crippen MR) is 114 cm³/mol. The van der Waals surface area contributed by atoms with Crippen LogP contribution in [0.3, 0.4) is 0 Å². The summed E-state index contributed by atoms with van der Waals surface area (Å²) in [7, 11) is -3.62. The molecule has 2 aromatic rings. The molecule has 0 atom stereocenters. The summed E-state index contributed by atoms with van der Waals surface area (Å²) >= 11 is 0. The first-order valence-electron chi connectivity index (χ1n) is 9.92. The van der Waals surface area contributed by atoms with Crippen molar-refractivity contribution in [1.29, 1.82) is 0 Å². The summed E-state index contributed by atoms with van der Waals surface area (Å²) in [6, 6.07) is 11.6. The van der Waals surface area contributed by atoms with Gasteiger partial charge in [0.1, 0.15) is 0 Å². The van der Waals surface area contributed by atoms with Gasteiger partial charge in [-0.05, 0) is 56.5 Å². The van der Waals surface area contributed by atoms with Crippen molar-refractivity contribution in [2.75, 3.05) is 25.0 Å². The number of anilines is 1. The zero-order valence-corrected chi connectivity index (χ0v) is 18.0. The lowest BCUT2D eigenvalue weighted by molar-refractivity contribution is -0.119. The Labute approximate surface area is 177 Å². The number of amides is 1. The second-order valence-electron chi connectivity index (χ2n) is 7.44. The molecule has 1 amide bonds. The molecular weight excluding hydrogens is 404 g/mol. The molecule has 7 nitrogen and oxygen atoms in total. The van der Waals surface area contributed by atoms with Gasteiger partial charge in [-0.25, -0.2) is 13.2 Å². The smallest absolute Gasteiger partial charge is 0.338 e. The van der Waals surface area contributed by atoms with Crippen molar-refractivity contribution in [3.8, 4) is 0 Å². The van der Waals surface area contributed by atoms with Crippen LogP contribution in [0.25, 0.3) is 0 Å². The van der Waals surface area contributed by atoms with Crippen molar-refractivity contribution >= 4 is 27.6 Å². The summed E-state index contributed by atoms with van der Waals surface area (Å²) < 4.78 is 32.5. The SMILES string of the molecule is Cc1ccc(C(=O)OCC(=O)Nc2ccc(C)c(S(=O)(=O)N3CCCCC3)c2)cc1. The van der Waals surface area contributed by atoms with Gasteiger partial charge in [0.15, 0.2) is 6.61 Å². The van der Waals surface area contributed by atoms with Gasteiger partial charge in [0.2, 0.25) is 10.0 Å². The van der Waals surface area contributed by atoms with Gasteiger partial charge in [-0.3, -0.25) is 4.79 Å². The fraction of sp³-hybridized carbons (Fsp3) is 0.364. The van der Waals surface area contributed by atoms with Crippen LogP contribution in [0, 0.1) is 13.8 Å². The molecule has 1 aliphatic rings. The van der Waals surface area contributed by atoms with E-state index in [1.54, 1.807) is 43.3 Å². The molecule has 1 heterocycles. The average molecular weight is 431 g/mol. The normalized spacial score (nSPS) is 14.9. The summed E-state index contributed by atoms with van der Waals surface area (Å²) in [5.74, 6) is -1.14. The molecule has 160 valence electrons. The number of carbonyl (C=O) groups is 2. The Morgan fingerprint density at radius 2 is 1.67 bits per heavy atom. The lowest BCUT2D eigenvalue weighted by Gasteiger charge is -2.26. The number of piperidine rings is 1. The number of hydrogen-bond acceptors (Lipinski definition) is 5. The number of esters is 1. The van der Waals surface area contributed by atoms with E-state index in [4.69, 9.17) is 4.74 Å². The molecule has 2 aromatic carbocycles. The van der Waals surface area contributed by atoms with Crippen molar-refractivity contribution in [1.82, 2.24) is 4.31 Å². The third-order valence-electron chi connectivity index (χ3n) is 5.03. The first-order valence-corrected chi connectivity index (χ1v) is 11.4. The number of nitrogens with one attached hydrogen (secondary N) is 1. The number of hydrogen-bond donors (Lipinski definition) is 1. The van der Waals surface area contributed by atoms with Crippen molar-refractivity contribution in [3.63, 3.8) is 0 Å². The van der Waals surface area contributed by atoms with E-state index >= 15 is 0 Å². The van der Waals surface area contributed by atoms with Crippen molar-refractivity contribution < 1.29 is 22.7 Å². The van der Waals surface area contributed by atoms with Crippen LogP contribution in [0.2, 0.25) is 0 Å². The number of benzene rings is 2. The fourth-order valence-electron chi connectivity index (χ4n) is 3.30. The number of rotatable bonds is 6. The molecule has 0 saturated carbocycles.